The summed E-state index contributed by atoms with van der Waals surface area (Å²) in [5, 5.41) is 14.2. The van der Waals surface area contributed by atoms with Crippen LogP contribution in [-0.2, 0) is 10.0 Å². The van der Waals surface area contributed by atoms with Crippen molar-refractivity contribution in [2.75, 3.05) is 26.2 Å². The third-order valence-electron chi connectivity index (χ3n) is 3.94. The van der Waals surface area contributed by atoms with Gasteiger partial charge in [0.1, 0.15) is 16.4 Å². The van der Waals surface area contributed by atoms with E-state index >= 15 is 0 Å². The van der Waals surface area contributed by atoms with Gasteiger partial charge in [0.15, 0.2) is 0 Å². The van der Waals surface area contributed by atoms with Crippen molar-refractivity contribution in [1.29, 1.82) is 0 Å². The molecule has 0 saturated carbocycles. The average Bonchev–Trinajstić information content (AvgIpc) is 2.64. The lowest BCUT2D eigenvalue weighted by Crippen LogP contribution is -2.46. The molecular formula is C16H18N4O5S. The number of benzene rings is 1. The predicted molar refractivity (Wildman–Crippen MR) is 93.8 cm³/mol. The number of hydrogen-bond donors (Lipinski definition) is 1. The zero-order valence-corrected chi connectivity index (χ0v) is 14.9. The van der Waals surface area contributed by atoms with Gasteiger partial charge in [0, 0.05) is 44.0 Å². The van der Waals surface area contributed by atoms with Crippen LogP contribution in [0.3, 0.4) is 0 Å². The summed E-state index contributed by atoms with van der Waals surface area (Å²) in [6.07, 6.45) is 1.47. The van der Waals surface area contributed by atoms with Crippen LogP contribution in [0, 0.1) is 17.0 Å². The van der Waals surface area contributed by atoms with Crippen LogP contribution in [0.1, 0.15) is 5.69 Å². The van der Waals surface area contributed by atoms with E-state index in [1.165, 1.54) is 22.6 Å². The first kappa shape index (κ1) is 18.2. The fourth-order valence-corrected chi connectivity index (χ4v) is 4.14. The minimum atomic E-state index is -3.93. The van der Waals surface area contributed by atoms with Crippen molar-refractivity contribution in [2.24, 2.45) is 0 Å². The molecule has 1 N–H and O–H groups in total. The Hall–Kier alpha value is -2.56. The van der Waals surface area contributed by atoms with E-state index in [2.05, 4.69) is 10.3 Å². The number of aromatic nitrogens is 1. The predicted octanol–water partition coefficient (Wildman–Crippen LogP) is 1.68. The van der Waals surface area contributed by atoms with E-state index in [-0.39, 0.29) is 29.4 Å². The molecule has 26 heavy (non-hydrogen) atoms. The first-order chi connectivity index (χ1) is 12.4. The van der Waals surface area contributed by atoms with Gasteiger partial charge in [-0.15, -0.1) is 0 Å². The lowest BCUT2D eigenvalue weighted by molar-refractivity contribution is -0.385. The number of hydrogen-bond acceptors (Lipinski definition) is 7. The summed E-state index contributed by atoms with van der Waals surface area (Å²) < 4.78 is 33.0. The zero-order chi connectivity index (χ0) is 18.7. The van der Waals surface area contributed by atoms with E-state index in [1.54, 1.807) is 12.1 Å². The highest BCUT2D eigenvalue weighted by Gasteiger charge is 2.31. The van der Waals surface area contributed by atoms with E-state index in [4.69, 9.17) is 4.74 Å². The molecule has 1 aromatic carbocycles. The van der Waals surface area contributed by atoms with Crippen LogP contribution >= 0.6 is 0 Å². The molecule has 0 amide bonds. The summed E-state index contributed by atoms with van der Waals surface area (Å²) in [4.78, 5) is 14.3. The topological polar surface area (TPSA) is 115 Å². The lowest BCUT2D eigenvalue weighted by atomic mass is 10.3. The van der Waals surface area contributed by atoms with E-state index < -0.39 is 14.9 Å². The van der Waals surface area contributed by atoms with Gasteiger partial charge in [0.05, 0.1) is 11.1 Å². The number of piperazine rings is 1. The smallest absolute Gasteiger partial charge is 0.271 e. The van der Waals surface area contributed by atoms with Gasteiger partial charge < -0.3 is 10.1 Å². The Morgan fingerprint density at radius 2 is 1.96 bits per heavy atom. The van der Waals surface area contributed by atoms with Crippen molar-refractivity contribution >= 4 is 15.7 Å². The van der Waals surface area contributed by atoms with Crippen molar-refractivity contribution in [3.05, 3.63) is 52.3 Å². The number of aryl methyl sites for hydroxylation is 1. The molecular weight excluding hydrogens is 360 g/mol. The highest BCUT2D eigenvalue weighted by molar-refractivity contribution is 7.89. The van der Waals surface area contributed by atoms with Gasteiger partial charge in [0.2, 0.25) is 10.0 Å². The summed E-state index contributed by atoms with van der Waals surface area (Å²) in [6.45, 7) is 3.43. The second-order valence-corrected chi connectivity index (χ2v) is 7.69. The maximum Gasteiger partial charge on any atom is 0.271 e. The number of sulfonamides is 1. The van der Waals surface area contributed by atoms with Crippen molar-refractivity contribution in [3.8, 4) is 11.5 Å². The molecule has 2 aromatic rings. The molecule has 0 aliphatic carbocycles. The molecule has 138 valence electrons. The minimum absolute atomic E-state index is 0.0276. The van der Waals surface area contributed by atoms with Crippen LogP contribution in [0.2, 0.25) is 0 Å². The number of nitro benzene ring substituents is 1. The fourth-order valence-electron chi connectivity index (χ4n) is 2.56. The largest absolute Gasteiger partial charge is 0.454 e. The van der Waals surface area contributed by atoms with E-state index in [0.717, 1.165) is 11.8 Å². The molecule has 0 radical (unpaired) electrons. The molecule has 9 nitrogen and oxygen atoms in total. The molecule has 0 bridgehead atoms. The van der Waals surface area contributed by atoms with Crippen molar-refractivity contribution in [3.63, 3.8) is 0 Å². The molecule has 0 unspecified atom stereocenters. The zero-order valence-electron chi connectivity index (χ0n) is 14.1. The van der Waals surface area contributed by atoms with Gasteiger partial charge in [-0.1, -0.05) is 0 Å². The lowest BCUT2D eigenvalue weighted by Gasteiger charge is -2.27. The van der Waals surface area contributed by atoms with Gasteiger partial charge >= 0.3 is 0 Å². The second-order valence-electron chi connectivity index (χ2n) is 5.78. The number of rotatable bonds is 5. The molecule has 0 atom stereocenters. The Labute approximate surface area is 150 Å². The van der Waals surface area contributed by atoms with Crippen LogP contribution in [-0.4, -0.2) is 48.8 Å². The molecule has 1 saturated heterocycles. The number of nitrogens with zero attached hydrogens (tertiary/aromatic N) is 3. The summed E-state index contributed by atoms with van der Waals surface area (Å²) in [7, 11) is -3.93. The Kier molecular flexibility index (Phi) is 5.16. The minimum Gasteiger partial charge on any atom is -0.454 e. The number of nitrogens with one attached hydrogen (secondary N) is 1. The Balaban J connectivity index is 2.03. The molecule has 2 heterocycles. The van der Waals surface area contributed by atoms with Gasteiger partial charge in [0.25, 0.3) is 5.69 Å². The highest BCUT2D eigenvalue weighted by atomic mass is 32.2. The van der Waals surface area contributed by atoms with Crippen molar-refractivity contribution in [1.82, 2.24) is 14.6 Å². The van der Waals surface area contributed by atoms with Crippen LogP contribution in [0.15, 0.2) is 41.4 Å². The summed E-state index contributed by atoms with van der Waals surface area (Å²) in [6, 6.07) is 6.94. The quantitative estimate of drug-likeness (QED) is 0.622. The average molecular weight is 378 g/mol. The van der Waals surface area contributed by atoms with E-state index in [0.29, 0.717) is 18.8 Å². The summed E-state index contributed by atoms with van der Waals surface area (Å²) in [5.41, 5.74) is 0.475. The normalized spacial score (nSPS) is 15.6. The van der Waals surface area contributed by atoms with Gasteiger partial charge in [-0.2, -0.15) is 4.31 Å². The molecule has 1 fully saturated rings. The SMILES string of the molecule is Cc1ccc(Oc2ccc([N+](=O)[O-])cc2S(=O)(=O)N2CCNCC2)cn1. The van der Waals surface area contributed by atoms with Gasteiger partial charge in [-0.05, 0) is 25.1 Å². The summed E-state index contributed by atoms with van der Waals surface area (Å²) >= 11 is 0. The molecule has 0 spiro atoms. The monoisotopic (exact) mass is 378 g/mol. The summed E-state index contributed by atoms with van der Waals surface area (Å²) in [5.74, 6) is 0.376. The van der Waals surface area contributed by atoms with Crippen molar-refractivity contribution < 1.29 is 18.1 Å². The highest BCUT2D eigenvalue weighted by Crippen LogP contribution is 2.33. The number of pyridine rings is 1. The van der Waals surface area contributed by atoms with Gasteiger partial charge in [-0.3, -0.25) is 15.1 Å². The molecule has 1 aliphatic heterocycles. The third kappa shape index (κ3) is 3.82. The first-order valence-electron chi connectivity index (χ1n) is 7.98. The fraction of sp³-hybridized carbons (Fsp3) is 0.312. The van der Waals surface area contributed by atoms with Crippen LogP contribution in [0.5, 0.6) is 11.5 Å². The Morgan fingerprint density at radius 1 is 1.23 bits per heavy atom. The van der Waals surface area contributed by atoms with Gasteiger partial charge in [-0.25, -0.2) is 8.42 Å². The van der Waals surface area contributed by atoms with Crippen LogP contribution < -0.4 is 10.1 Å². The number of ether oxygens (including phenoxy) is 1. The number of non-ortho nitro benzene ring substituents is 1. The Bertz CT molecular complexity index is 909. The van der Waals surface area contributed by atoms with Crippen LogP contribution in [0.25, 0.3) is 0 Å². The maximum absolute atomic E-state index is 13.0. The molecule has 1 aliphatic rings. The standard InChI is InChI=1S/C16H18N4O5S/c1-12-2-4-14(11-18-12)25-15-5-3-13(20(21)22)10-16(15)26(23,24)19-8-6-17-7-9-19/h2-5,10-11,17H,6-9H2,1H3. The first-order valence-corrected chi connectivity index (χ1v) is 9.42. The maximum atomic E-state index is 13.0. The molecule has 1 aromatic heterocycles. The molecule has 10 heteroatoms. The van der Waals surface area contributed by atoms with E-state index in [9.17, 15) is 18.5 Å². The van der Waals surface area contributed by atoms with E-state index in [1.807, 2.05) is 6.92 Å². The van der Waals surface area contributed by atoms with Crippen LogP contribution in [0.4, 0.5) is 5.69 Å². The Morgan fingerprint density at radius 3 is 2.58 bits per heavy atom. The number of nitro groups is 1. The van der Waals surface area contributed by atoms with Crippen molar-refractivity contribution in [2.45, 2.75) is 11.8 Å². The third-order valence-corrected chi connectivity index (χ3v) is 5.86. The second kappa shape index (κ2) is 7.36. The molecule has 3 rings (SSSR count).